The Kier molecular flexibility index (Phi) is 6.66. The van der Waals surface area contributed by atoms with Gasteiger partial charge in [-0.15, -0.1) is 11.8 Å². The van der Waals surface area contributed by atoms with Crippen molar-refractivity contribution in [2.24, 2.45) is 4.99 Å². The number of piperazine rings is 3. The summed E-state index contributed by atoms with van der Waals surface area (Å²) in [5.74, 6) is 1.88. The molecule has 0 saturated carbocycles. The maximum Gasteiger partial charge on any atom is 0.191 e. The van der Waals surface area contributed by atoms with Crippen molar-refractivity contribution in [2.75, 3.05) is 58.6 Å². The van der Waals surface area contributed by atoms with Crippen molar-refractivity contribution in [3.05, 3.63) is 29.3 Å². The number of benzene rings is 1. The van der Waals surface area contributed by atoms with Gasteiger partial charge in [0.25, 0.3) is 0 Å². The molecule has 2 bridgehead atoms. The SMILES string of the molecule is CN=C(NCCSc1ccc(Cl)cc1)NCC1CN2CCN1CC2. The fourth-order valence-electron chi connectivity index (χ4n) is 3.22. The van der Waals surface area contributed by atoms with Crippen LogP contribution in [0.25, 0.3) is 0 Å². The third-order valence-corrected chi connectivity index (χ3v) is 5.86. The van der Waals surface area contributed by atoms with E-state index in [0.717, 1.165) is 29.8 Å². The second-order valence-corrected chi connectivity index (χ2v) is 7.78. The van der Waals surface area contributed by atoms with Crippen molar-refractivity contribution in [2.45, 2.75) is 10.9 Å². The maximum atomic E-state index is 5.90. The number of thioether (sulfide) groups is 1. The molecule has 5 nitrogen and oxygen atoms in total. The van der Waals surface area contributed by atoms with Crippen molar-refractivity contribution < 1.29 is 0 Å². The van der Waals surface area contributed by atoms with E-state index in [1.807, 2.05) is 30.9 Å². The Morgan fingerprint density at radius 1 is 1.21 bits per heavy atom. The number of nitrogens with one attached hydrogen (secondary N) is 2. The minimum atomic E-state index is 0.606. The number of rotatable bonds is 6. The van der Waals surface area contributed by atoms with E-state index in [9.17, 15) is 0 Å². The summed E-state index contributed by atoms with van der Waals surface area (Å²) < 4.78 is 0. The zero-order valence-electron chi connectivity index (χ0n) is 14.2. The van der Waals surface area contributed by atoms with Crippen molar-refractivity contribution in [1.82, 2.24) is 20.4 Å². The third kappa shape index (κ3) is 5.02. The van der Waals surface area contributed by atoms with Crippen LogP contribution in [0.3, 0.4) is 0 Å². The Morgan fingerprint density at radius 3 is 2.58 bits per heavy atom. The number of guanidine groups is 1. The van der Waals surface area contributed by atoms with Crippen LogP contribution in [0, 0.1) is 0 Å². The fraction of sp³-hybridized carbons (Fsp3) is 0.588. The molecule has 0 aliphatic carbocycles. The quantitative estimate of drug-likeness (QED) is 0.346. The Labute approximate surface area is 153 Å². The van der Waals surface area contributed by atoms with E-state index in [1.54, 1.807) is 0 Å². The number of nitrogens with zero attached hydrogens (tertiary/aromatic N) is 3. The zero-order valence-corrected chi connectivity index (χ0v) is 15.7. The minimum absolute atomic E-state index is 0.606. The van der Waals surface area contributed by atoms with Gasteiger partial charge in [0, 0.05) is 74.6 Å². The van der Waals surface area contributed by atoms with Crippen LogP contribution in [0.4, 0.5) is 0 Å². The smallest absolute Gasteiger partial charge is 0.191 e. The molecule has 3 aliphatic rings. The van der Waals surface area contributed by atoms with Crippen LogP contribution in [0.1, 0.15) is 0 Å². The molecule has 4 rings (SSSR count). The van der Waals surface area contributed by atoms with Crippen LogP contribution < -0.4 is 10.6 Å². The maximum absolute atomic E-state index is 5.90. The first-order valence-corrected chi connectivity index (χ1v) is 9.90. The highest BCUT2D eigenvalue weighted by Crippen LogP contribution is 2.19. The summed E-state index contributed by atoms with van der Waals surface area (Å²) in [6.07, 6.45) is 0. The minimum Gasteiger partial charge on any atom is -0.356 e. The molecule has 24 heavy (non-hydrogen) atoms. The van der Waals surface area contributed by atoms with Crippen LogP contribution in [-0.4, -0.2) is 80.4 Å². The van der Waals surface area contributed by atoms with Gasteiger partial charge in [0.1, 0.15) is 0 Å². The summed E-state index contributed by atoms with van der Waals surface area (Å²) in [7, 11) is 1.83. The van der Waals surface area contributed by atoms with Gasteiger partial charge in [-0.2, -0.15) is 0 Å². The summed E-state index contributed by atoms with van der Waals surface area (Å²) >= 11 is 7.72. The van der Waals surface area contributed by atoms with Gasteiger partial charge in [0.2, 0.25) is 0 Å². The predicted molar refractivity (Wildman–Crippen MR) is 103 cm³/mol. The predicted octanol–water partition coefficient (Wildman–Crippen LogP) is 1.60. The second-order valence-electron chi connectivity index (χ2n) is 6.17. The molecule has 1 aromatic rings. The summed E-state index contributed by atoms with van der Waals surface area (Å²) in [5.41, 5.74) is 0. The Bertz CT molecular complexity index is 542. The molecular formula is C17H26ClN5S. The number of hydrogen-bond acceptors (Lipinski definition) is 4. The molecule has 0 amide bonds. The molecule has 3 heterocycles. The van der Waals surface area contributed by atoms with Crippen LogP contribution in [0.15, 0.2) is 34.2 Å². The number of aliphatic imine (C=N–C) groups is 1. The van der Waals surface area contributed by atoms with Crippen LogP contribution >= 0.6 is 23.4 Å². The molecule has 0 spiro atoms. The van der Waals surface area contributed by atoms with Crippen molar-refractivity contribution >= 4 is 29.3 Å². The molecule has 3 fully saturated rings. The van der Waals surface area contributed by atoms with Gasteiger partial charge in [-0.25, -0.2) is 0 Å². The molecule has 132 valence electrons. The monoisotopic (exact) mass is 367 g/mol. The molecule has 1 unspecified atom stereocenters. The van der Waals surface area contributed by atoms with E-state index in [0.29, 0.717) is 6.04 Å². The summed E-state index contributed by atoms with van der Waals surface area (Å²) in [6, 6.07) is 8.58. The number of halogens is 1. The second kappa shape index (κ2) is 8.94. The highest BCUT2D eigenvalue weighted by molar-refractivity contribution is 7.99. The van der Waals surface area contributed by atoms with Gasteiger partial charge in [-0.05, 0) is 24.3 Å². The Morgan fingerprint density at radius 2 is 1.96 bits per heavy atom. The molecule has 7 heteroatoms. The van der Waals surface area contributed by atoms with Gasteiger partial charge >= 0.3 is 0 Å². The average molecular weight is 368 g/mol. The van der Waals surface area contributed by atoms with Gasteiger partial charge < -0.3 is 10.6 Å². The van der Waals surface area contributed by atoms with Gasteiger partial charge in [0.15, 0.2) is 5.96 Å². The topological polar surface area (TPSA) is 42.9 Å². The van der Waals surface area contributed by atoms with E-state index < -0.39 is 0 Å². The molecule has 0 aromatic heterocycles. The Balaban J connectivity index is 1.34. The summed E-state index contributed by atoms with van der Waals surface area (Å²) in [6.45, 7) is 7.88. The molecular weight excluding hydrogens is 342 g/mol. The summed E-state index contributed by atoms with van der Waals surface area (Å²) in [5, 5.41) is 7.65. The van der Waals surface area contributed by atoms with Crippen LogP contribution in [-0.2, 0) is 0 Å². The lowest BCUT2D eigenvalue weighted by atomic mass is 10.1. The molecule has 1 aromatic carbocycles. The van der Waals surface area contributed by atoms with Gasteiger partial charge in [-0.3, -0.25) is 14.8 Å². The first kappa shape index (κ1) is 17.9. The van der Waals surface area contributed by atoms with Crippen molar-refractivity contribution in [1.29, 1.82) is 0 Å². The normalized spacial score (nSPS) is 26.4. The van der Waals surface area contributed by atoms with Crippen LogP contribution in [0.2, 0.25) is 5.02 Å². The lowest BCUT2D eigenvalue weighted by molar-refractivity contribution is 0.0154. The van der Waals surface area contributed by atoms with E-state index in [2.05, 4.69) is 37.6 Å². The number of hydrogen-bond donors (Lipinski definition) is 2. The molecule has 2 N–H and O–H groups in total. The molecule has 1 atom stereocenters. The fourth-order valence-corrected chi connectivity index (χ4v) is 4.12. The summed E-state index contributed by atoms with van der Waals surface area (Å²) in [4.78, 5) is 10.7. The highest BCUT2D eigenvalue weighted by Gasteiger charge is 2.31. The molecule has 0 radical (unpaired) electrons. The van der Waals surface area contributed by atoms with Gasteiger partial charge in [-0.1, -0.05) is 11.6 Å². The van der Waals surface area contributed by atoms with Gasteiger partial charge in [0.05, 0.1) is 0 Å². The van der Waals surface area contributed by atoms with Crippen molar-refractivity contribution in [3.8, 4) is 0 Å². The average Bonchev–Trinajstić information content (AvgIpc) is 2.63. The van der Waals surface area contributed by atoms with Crippen LogP contribution in [0.5, 0.6) is 0 Å². The van der Waals surface area contributed by atoms with Crippen molar-refractivity contribution in [3.63, 3.8) is 0 Å². The zero-order chi connectivity index (χ0) is 16.8. The third-order valence-electron chi connectivity index (χ3n) is 4.60. The lowest BCUT2D eigenvalue weighted by Gasteiger charge is -2.47. The Hall–Kier alpha value is -0.950. The first-order chi connectivity index (χ1) is 11.7. The molecule has 3 aliphatic heterocycles. The van der Waals surface area contributed by atoms with E-state index in [-0.39, 0.29) is 0 Å². The standard InChI is InChI=1S/C17H26ClN5S/c1-19-17(20-6-11-24-16-4-2-14(18)3-5-16)21-12-15-13-22-7-9-23(15)10-8-22/h2-5,15H,6-13H2,1H3,(H2,19,20,21). The first-order valence-electron chi connectivity index (χ1n) is 8.54. The van der Waals surface area contributed by atoms with E-state index >= 15 is 0 Å². The van der Waals surface area contributed by atoms with E-state index in [4.69, 9.17) is 11.6 Å². The largest absolute Gasteiger partial charge is 0.356 e. The lowest BCUT2D eigenvalue weighted by Crippen LogP contribution is -2.63. The number of fused-ring (bicyclic) bond motifs is 3. The van der Waals surface area contributed by atoms with E-state index in [1.165, 1.54) is 37.6 Å². The highest BCUT2D eigenvalue weighted by atomic mass is 35.5. The molecule has 3 saturated heterocycles.